The number of quaternary nitrogens is 1. The predicted octanol–water partition coefficient (Wildman–Crippen LogP) is 14.5. The van der Waals surface area contributed by atoms with Crippen molar-refractivity contribution >= 4 is 13.7 Å². The van der Waals surface area contributed by atoms with Crippen LogP contribution in [0.2, 0.25) is 0 Å². The first-order chi connectivity index (χ1) is 28.0. The van der Waals surface area contributed by atoms with Gasteiger partial charge in [0.15, 0.2) is 0 Å². The molecule has 0 radical (unpaired) electrons. The van der Waals surface area contributed by atoms with Crippen LogP contribution in [0.4, 0.5) is 0 Å². The molecule has 1 unspecified atom stereocenters. The summed E-state index contributed by atoms with van der Waals surface area (Å²) in [4.78, 5) is 23.2. The van der Waals surface area contributed by atoms with Crippen molar-refractivity contribution in [2.45, 2.75) is 270 Å². The molecule has 3 N–H and O–H groups in total. The largest absolute Gasteiger partial charge is 0.472 e. The average molecular weight is 846 g/mol. The third kappa shape index (κ3) is 43.6. The van der Waals surface area contributed by atoms with E-state index in [1.165, 1.54) is 193 Å². The number of carbonyl (C=O) groups is 1. The Morgan fingerprint density at radius 2 is 0.828 bits per heavy atom. The molecule has 0 aliphatic rings. The molecule has 0 heterocycles. The second kappa shape index (κ2) is 41.8. The Morgan fingerprint density at radius 1 is 0.517 bits per heavy atom. The second-order valence-electron chi connectivity index (χ2n) is 18.9. The predicted molar refractivity (Wildman–Crippen MR) is 249 cm³/mol. The lowest BCUT2D eigenvalue weighted by Crippen LogP contribution is -2.46. The first kappa shape index (κ1) is 57.5. The molecule has 3 atom stereocenters. The van der Waals surface area contributed by atoms with Crippen LogP contribution >= 0.6 is 7.82 Å². The molecular weight excluding hydrogens is 744 g/mol. The number of carbonyl (C=O) groups excluding carboxylic acids is 1. The van der Waals surface area contributed by atoms with Gasteiger partial charge in [-0.05, 0) is 12.8 Å². The van der Waals surface area contributed by atoms with E-state index in [0.717, 1.165) is 38.5 Å². The van der Waals surface area contributed by atoms with E-state index < -0.39 is 20.0 Å². The molecule has 0 aliphatic heterocycles. The van der Waals surface area contributed by atoms with Gasteiger partial charge in [0, 0.05) is 6.42 Å². The quantitative estimate of drug-likeness (QED) is 0.0320. The first-order valence-corrected chi connectivity index (χ1v) is 26.9. The minimum atomic E-state index is -4.31. The van der Waals surface area contributed by atoms with Crippen LogP contribution in [0, 0.1) is 0 Å². The standard InChI is InChI=1S/C49H101N2O6P/c1-6-8-10-12-14-16-18-20-22-23-24-25-26-27-28-29-31-33-35-37-39-41-43-49(53)50-47(46-57-58(54,55)56-45-44-51(3,4)5)48(52)42-40-38-36-34-32-30-21-19-17-15-13-11-9-7-2/h47-48,52H,6-46H2,1-5H3,(H-,50,53,54,55)/p+1/t47-,48+/m0/s1. The molecule has 0 saturated heterocycles. The van der Waals surface area contributed by atoms with Gasteiger partial charge < -0.3 is 19.8 Å². The number of aliphatic hydroxyl groups excluding tert-OH is 1. The molecule has 1 amide bonds. The van der Waals surface area contributed by atoms with E-state index in [-0.39, 0.29) is 19.1 Å². The van der Waals surface area contributed by atoms with Crippen LogP contribution in [-0.4, -0.2) is 73.4 Å². The van der Waals surface area contributed by atoms with Crippen molar-refractivity contribution in [1.82, 2.24) is 5.32 Å². The summed E-state index contributed by atoms with van der Waals surface area (Å²) in [6, 6.07) is -0.753. The summed E-state index contributed by atoms with van der Waals surface area (Å²) in [7, 11) is 1.63. The fourth-order valence-electron chi connectivity index (χ4n) is 7.81. The van der Waals surface area contributed by atoms with Crippen LogP contribution in [0.3, 0.4) is 0 Å². The fourth-order valence-corrected chi connectivity index (χ4v) is 8.55. The van der Waals surface area contributed by atoms with Crippen LogP contribution in [0.15, 0.2) is 0 Å². The monoisotopic (exact) mass is 846 g/mol. The van der Waals surface area contributed by atoms with Gasteiger partial charge in [0.2, 0.25) is 5.91 Å². The van der Waals surface area contributed by atoms with Crippen LogP contribution in [-0.2, 0) is 18.4 Å². The molecular formula is C49H102N2O6P+. The molecule has 0 aliphatic carbocycles. The number of phosphoric ester groups is 1. The zero-order valence-electron chi connectivity index (χ0n) is 39.6. The topological polar surface area (TPSA) is 105 Å². The minimum absolute atomic E-state index is 0.0788. The van der Waals surface area contributed by atoms with Crippen molar-refractivity contribution in [1.29, 1.82) is 0 Å². The summed E-state index contributed by atoms with van der Waals surface area (Å²) in [5.74, 6) is -0.138. The SMILES string of the molecule is CCCCCCCCCCCCCCCCCCCCCCCCC(=O)N[C@@H](COP(=O)(O)OCC[N+](C)(C)C)[C@H](O)CCCCCCCCCCCCCCCC. The van der Waals surface area contributed by atoms with Crippen molar-refractivity contribution in [2.24, 2.45) is 0 Å². The van der Waals surface area contributed by atoms with Crippen molar-refractivity contribution < 1.29 is 32.9 Å². The zero-order valence-corrected chi connectivity index (χ0v) is 40.5. The number of hydrogen-bond acceptors (Lipinski definition) is 5. The summed E-state index contributed by atoms with van der Waals surface area (Å²) in [6.07, 6.45) is 47.1. The summed E-state index contributed by atoms with van der Waals surface area (Å²) < 4.78 is 23.7. The van der Waals surface area contributed by atoms with Gasteiger partial charge in [-0.15, -0.1) is 0 Å². The molecule has 58 heavy (non-hydrogen) atoms. The van der Waals surface area contributed by atoms with Crippen molar-refractivity contribution in [2.75, 3.05) is 40.9 Å². The third-order valence-corrected chi connectivity index (χ3v) is 12.8. The highest BCUT2D eigenvalue weighted by Gasteiger charge is 2.28. The van der Waals surface area contributed by atoms with E-state index in [2.05, 4.69) is 19.2 Å². The van der Waals surface area contributed by atoms with Crippen LogP contribution < -0.4 is 5.32 Å². The molecule has 9 heteroatoms. The van der Waals surface area contributed by atoms with Crippen molar-refractivity contribution in [3.05, 3.63) is 0 Å². The van der Waals surface area contributed by atoms with Gasteiger partial charge >= 0.3 is 7.82 Å². The summed E-state index contributed by atoms with van der Waals surface area (Å²) in [6.45, 7) is 4.92. The highest BCUT2D eigenvalue weighted by Crippen LogP contribution is 2.43. The molecule has 0 aromatic heterocycles. The van der Waals surface area contributed by atoms with E-state index in [1.807, 2.05) is 21.1 Å². The minimum Gasteiger partial charge on any atom is -0.391 e. The third-order valence-electron chi connectivity index (χ3n) is 11.9. The number of rotatable bonds is 47. The number of nitrogens with zero attached hydrogens (tertiary/aromatic N) is 1. The Balaban J connectivity index is 4.18. The number of nitrogens with one attached hydrogen (secondary N) is 1. The fraction of sp³-hybridized carbons (Fsp3) is 0.980. The molecule has 0 fully saturated rings. The first-order valence-electron chi connectivity index (χ1n) is 25.4. The maximum atomic E-state index is 12.9. The number of amides is 1. The smallest absolute Gasteiger partial charge is 0.391 e. The van der Waals surface area contributed by atoms with E-state index in [9.17, 15) is 19.4 Å². The normalized spacial score (nSPS) is 14.1. The van der Waals surface area contributed by atoms with Gasteiger partial charge in [-0.3, -0.25) is 13.8 Å². The number of likely N-dealkylation sites (N-methyl/N-ethyl adjacent to an activating group) is 1. The van der Waals surface area contributed by atoms with E-state index in [1.54, 1.807) is 0 Å². The zero-order chi connectivity index (χ0) is 42.8. The van der Waals surface area contributed by atoms with Crippen molar-refractivity contribution in [3.8, 4) is 0 Å². The number of unbranched alkanes of at least 4 members (excludes halogenated alkanes) is 34. The van der Waals surface area contributed by atoms with E-state index in [4.69, 9.17) is 9.05 Å². The van der Waals surface area contributed by atoms with Gasteiger partial charge in [0.25, 0.3) is 0 Å². The molecule has 0 aromatic carbocycles. The van der Waals surface area contributed by atoms with Crippen LogP contribution in [0.1, 0.15) is 258 Å². The summed E-state index contributed by atoms with van der Waals surface area (Å²) in [5, 5.41) is 14.0. The lowest BCUT2D eigenvalue weighted by Gasteiger charge is -2.26. The number of hydrogen-bond donors (Lipinski definition) is 3. The lowest BCUT2D eigenvalue weighted by molar-refractivity contribution is -0.870. The van der Waals surface area contributed by atoms with E-state index in [0.29, 0.717) is 23.9 Å². The Bertz CT molecular complexity index is 916. The van der Waals surface area contributed by atoms with Gasteiger partial charge in [-0.25, -0.2) is 4.57 Å². The highest BCUT2D eigenvalue weighted by atomic mass is 31.2. The molecule has 0 aromatic rings. The van der Waals surface area contributed by atoms with Crippen LogP contribution in [0.5, 0.6) is 0 Å². The Labute approximate surface area is 361 Å². The highest BCUT2D eigenvalue weighted by molar-refractivity contribution is 7.47. The molecule has 0 spiro atoms. The van der Waals surface area contributed by atoms with E-state index >= 15 is 0 Å². The summed E-state index contributed by atoms with van der Waals surface area (Å²) in [5.41, 5.74) is 0. The molecule has 0 bridgehead atoms. The van der Waals surface area contributed by atoms with Gasteiger partial charge in [0.1, 0.15) is 13.2 Å². The van der Waals surface area contributed by atoms with Gasteiger partial charge in [-0.1, -0.05) is 239 Å². The maximum Gasteiger partial charge on any atom is 0.472 e. The maximum absolute atomic E-state index is 12.9. The Morgan fingerprint density at radius 3 is 1.16 bits per heavy atom. The molecule has 0 rings (SSSR count). The Hall–Kier alpha value is -0.500. The average Bonchev–Trinajstić information content (AvgIpc) is 3.17. The molecule has 0 saturated carbocycles. The molecule has 8 nitrogen and oxygen atoms in total. The number of aliphatic hydroxyl groups is 1. The second-order valence-corrected chi connectivity index (χ2v) is 20.4. The van der Waals surface area contributed by atoms with Gasteiger partial charge in [0.05, 0.1) is 39.9 Å². The van der Waals surface area contributed by atoms with Crippen molar-refractivity contribution in [3.63, 3.8) is 0 Å². The lowest BCUT2D eigenvalue weighted by atomic mass is 10.0. The summed E-state index contributed by atoms with van der Waals surface area (Å²) >= 11 is 0. The van der Waals surface area contributed by atoms with Gasteiger partial charge in [-0.2, -0.15) is 0 Å². The number of phosphoric acid groups is 1. The molecule has 348 valence electrons. The van der Waals surface area contributed by atoms with Crippen LogP contribution in [0.25, 0.3) is 0 Å². The Kier molecular flexibility index (Phi) is 41.5.